The van der Waals surface area contributed by atoms with E-state index in [0.717, 1.165) is 5.56 Å². The SMILES string of the molecule is COC(=O)c1c(C)c(C(=O)CN(Cc2ccc(F)cc2)C(C)=O)c(C)n1C. The van der Waals surface area contributed by atoms with Crippen molar-refractivity contribution < 1.29 is 23.5 Å². The zero-order valence-electron chi connectivity index (χ0n) is 16.1. The van der Waals surface area contributed by atoms with Gasteiger partial charge in [-0.3, -0.25) is 9.59 Å². The molecule has 0 spiro atoms. The summed E-state index contributed by atoms with van der Waals surface area (Å²) in [6.45, 7) is 4.85. The molecule has 144 valence electrons. The minimum atomic E-state index is -0.521. The van der Waals surface area contributed by atoms with E-state index in [-0.39, 0.29) is 30.6 Å². The van der Waals surface area contributed by atoms with Gasteiger partial charge in [-0.1, -0.05) is 12.1 Å². The fourth-order valence-electron chi connectivity index (χ4n) is 3.12. The minimum Gasteiger partial charge on any atom is -0.464 e. The summed E-state index contributed by atoms with van der Waals surface area (Å²) < 4.78 is 19.5. The average molecular weight is 374 g/mol. The number of esters is 1. The third-order valence-corrected chi connectivity index (χ3v) is 4.65. The molecule has 0 bridgehead atoms. The molecule has 27 heavy (non-hydrogen) atoms. The molecule has 2 rings (SSSR count). The van der Waals surface area contributed by atoms with E-state index in [0.29, 0.717) is 22.5 Å². The quantitative estimate of drug-likeness (QED) is 0.576. The smallest absolute Gasteiger partial charge is 0.354 e. The number of carbonyl (C=O) groups is 3. The van der Waals surface area contributed by atoms with Crippen LogP contribution in [0.2, 0.25) is 0 Å². The summed E-state index contributed by atoms with van der Waals surface area (Å²) in [5, 5.41) is 0. The fraction of sp³-hybridized carbons (Fsp3) is 0.350. The molecule has 1 heterocycles. The molecule has 0 aliphatic rings. The number of methoxy groups -OCH3 is 1. The Morgan fingerprint density at radius 2 is 1.74 bits per heavy atom. The van der Waals surface area contributed by atoms with Crippen LogP contribution >= 0.6 is 0 Å². The molecular weight excluding hydrogens is 351 g/mol. The van der Waals surface area contributed by atoms with Gasteiger partial charge in [-0.05, 0) is 37.1 Å². The van der Waals surface area contributed by atoms with Crippen molar-refractivity contribution in [3.05, 3.63) is 58.2 Å². The Kier molecular flexibility index (Phi) is 6.15. The van der Waals surface area contributed by atoms with Crippen molar-refractivity contribution >= 4 is 17.7 Å². The highest BCUT2D eigenvalue weighted by Crippen LogP contribution is 2.23. The molecule has 7 heteroatoms. The number of halogens is 1. The van der Waals surface area contributed by atoms with E-state index in [2.05, 4.69) is 0 Å². The summed E-state index contributed by atoms with van der Waals surface area (Å²) >= 11 is 0. The van der Waals surface area contributed by atoms with E-state index in [1.165, 1.54) is 31.1 Å². The standard InChI is InChI=1S/C20H23FN2O4/c1-12-18(13(2)22(4)19(12)20(26)27-5)17(25)11-23(14(3)24)10-15-6-8-16(21)9-7-15/h6-9H,10-11H2,1-5H3. The first kappa shape index (κ1) is 20.4. The van der Waals surface area contributed by atoms with Crippen LogP contribution in [0, 0.1) is 19.7 Å². The summed E-state index contributed by atoms with van der Waals surface area (Å²) in [6, 6.07) is 5.77. The summed E-state index contributed by atoms with van der Waals surface area (Å²) in [5.41, 5.74) is 2.59. The second-order valence-corrected chi connectivity index (χ2v) is 6.41. The topological polar surface area (TPSA) is 68.6 Å². The van der Waals surface area contributed by atoms with Crippen molar-refractivity contribution in [2.24, 2.45) is 7.05 Å². The second kappa shape index (κ2) is 8.16. The lowest BCUT2D eigenvalue weighted by molar-refractivity contribution is -0.129. The first-order valence-electron chi connectivity index (χ1n) is 8.44. The number of Topliss-reactive ketones (excluding diaryl/α,β-unsaturated/α-hetero) is 1. The number of carbonyl (C=O) groups excluding carboxylic acids is 3. The maximum Gasteiger partial charge on any atom is 0.354 e. The van der Waals surface area contributed by atoms with Gasteiger partial charge in [0.2, 0.25) is 5.91 Å². The van der Waals surface area contributed by atoms with E-state index >= 15 is 0 Å². The summed E-state index contributed by atoms with van der Waals surface area (Å²) in [7, 11) is 2.97. The van der Waals surface area contributed by atoms with Crippen molar-refractivity contribution in [3.63, 3.8) is 0 Å². The molecule has 0 N–H and O–H groups in total. The van der Waals surface area contributed by atoms with Crippen molar-refractivity contribution in [3.8, 4) is 0 Å². The molecule has 6 nitrogen and oxygen atoms in total. The normalized spacial score (nSPS) is 10.6. The third kappa shape index (κ3) is 4.24. The molecule has 0 fully saturated rings. The van der Waals surface area contributed by atoms with Crippen LogP contribution in [0.5, 0.6) is 0 Å². The number of benzene rings is 1. The Labute approximate surface area is 157 Å². The Morgan fingerprint density at radius 1 is 1.15 bits per heavy atom. The highest BCUT2D eigenvalue weighted by molar-refractivity contribution is 6.04. The van der Waals surface area contributed by atoms with Crippen molar-refractivity contribution in [2.75, 3.05) is 13.7 Å². The lowest BCUT2D eigenvalue weighted by Crippen LogP contribution is -2.33. The zero-order chi connectivity index (χ0) is 20.3. The van der Waals surface area contributed by atoms with E-state index in [9.17, 15) is 18.8 Å². The van der Waals surface area contributed by atoms with Crippen LogP contribution in [-0.4, -0.2) is 40.8 Å². The lowest BCUT2D eigenvalue weighted by Gasteiger charge is -2.20. The van der Waals surface area contributed by atoms with Crippen LogP contribution in [0.1, 0.15) is 44.6 Å². The van der Waals surface area contributed by atoms with E-state index in [4.69, 9.17) is 4.74 Å². The highest BCUT2D eigenvalue weighted by atomic mass is 19.1. The van der Waals surface area contributed by atoms with Crippen LogP contribution < -0.4 is 0 Å². The van der Waals surface area contributed by atoms with E-state index < -0.39 is 5.97 Å². The summed E-state index contributed by atoms with van der Waals surface area (Å²) in [5.74, 6) is -1.43. The number of hydrogen-bond donors (Lipinski definition) is 0. The van der Waals surface area contributed by atoms with Crippen LogP contribution in [0.15, 0.2) is 24.3 Å². The Hall–Kier alpha value is -2.96. The number of amides is 1. The van der Waals surface area contributed by atoms with Gasteiger partial charge in [0.15, 0.2) is 5.78 Å². The summed E-state index contributed by atoms with van der Waals surface area (Å²) in [4.78, 5) is 38.3. The van der Waals surface area contributed by atoms with Gasteiger partial charge in [0.25, 0.3) is 0 Å². The first-order valence-corrected chi connectivity index (χ1v) is 8.44. The van der Waals surface area contributed by atoms with Gasteiger partial charge < -0.3 is 14.2 Å². The molecular formula is C20H23FN2O4. The molecule has 0 saturated heterocycles. The highest BCUT2D eigenvalue weighted by Gasteiger charge is 2.26. The first-order chi connectivity index (χ1) is 12.7. The van der Waals surface area contributed by atoms with E-state index in [1.54, 1.807) is 37.6 Å². The van der Waals surface area contributed by atoms with Crippen LogP contribution in [0.3, 0.4) is 0 Å². The number of nitrogens with zero attached hydrogens (tertiary/aromatic N) is 2. The molecule has 0 atom stereocenters. The van der Waals surface area contributed by atoms with Crippen molar-refractivity contribution in [1.29, 1.82) is 0 Å². The average Bonchev–Trinajstić information content (AvgIpc) is 2.84. The van der Waals surface area contributed by atoms with Gasteiger partial charge in [-0.2, -0.15) is 0 Å². The largest absolute Gasteiger partial charge is 0.464 e. The molecule has 0 saturated carbocycles. The Bertz CT molecular complexity index is 884. The predicted octanol–water partition coefficient (Wildman–Crippen LogP) is 2.80. The van der Waals surface area contributed by atoms with Crippen molar-refractivity contribution in [2.45, 2.75) is 27.3 Å². The molecule has 0 aliphatic carbocycles. The third-order valence-electron chi connectivity index (χ3n) is 4.65. The summed E-state index contributed by atoms with van der Waals surface area (Å²) in [6.07, 6.45) is 0. The Morgan fingerprint density at radius 3 is 2.26 bits per heavy atom. The number of ether oxygens (including phenoxy) is 1. The molecule has 0 radical (unpaired) electrons. The maximum atomic E-state index is 13.1. The number of ketones is 1. The van der Waals surface area contributed by atoms with Gasteiger partial charge in [0.05, 0.1) is 13.7 Å². The number of aromatic nitrogens is 1. The van der Waals surface area contributed by atoms with Gasteiger partial charge >= 0.3 is 5.97 Å². The number of hydrogen-bond acceptors (Lipinski definition) is 4. The van der Waals surface area contributed by atoms with Crippen molar-refractivity contribution in [1.82, 2.24) is 9.47 Å². The molecule has 0 unspecified atom stereocenters. The molecule has 1 aromatic heterocycles. The van der Waals surface area contributed by atoms with Gasteiger partial charge in [-0.25, -0.2) is 9.18 Å². The van der Waals surface area contributed by atoms with Gasteiger partial charge in [-0.15, -0.1) is 0 Å². The van der Waals surface area contributed by atoms with Crippen LogP contribution in [0.25, 0.3) is 0 Å². The molecule has 1 aromatic carbocycles. The molecule has 1 amide bonds. The minimum absolute atomic E-state index is 0.140. The fourth-order valence-corrected chi connectivity index (χ4v) is 3.12. The lowest BCUT2D eigenvalue weighted by atomic mass is 10.0. The predicted molar refractivity (Wildman–Crippen MR) is 98.0 cm³/mol. The molecule has 0 aliphatic heterocycles. The van der Waals surface area contributed by atoms with E-state index in [1.807, 2.05) is 0 Å². The zero-order valence-corrected chi connectivity index (χ0v) is 16.1. The van der Waals surface area contributed by atoms with Gasteiger partial charge in [0, 0.05) is 31.8 Å². The monoisotopic (exact) mass is 374 g/mol. The van der Waals surface area contributed by atoms with Crippen LogP contribution in [0.4, 0.5) is 4.39 Å². The second-order valence-electron chi connectivity index (χ2n) is 6.41. The van der Waals surface area contributed by atoms with Crippen LogP contribution in [-0.2, 0) is 23.1 Å². The Balaban J connectivity index is 2.29. The maximum absolute atomic E-state index is 13.1. The number of rotatable bonds is 6. The van der Waals surface area contributed by atoms with Gasteiger partial charge in [0.1, 0.15) is 11.5 Å². The molecule has 2 aromatic rings.